The van der Waals surface area contributed by atoms with Crippen LogP contribution in [0, 0.1) is 0 Å². The molecule has 0 aliphatic carbocycles. The van der Waals surface area contributed by atoms with Gasteiger partial charge in [0.25, 0.3) is 0 Å². The van der Waals surface area contributed by atoms with Crippen LogP contribution in [0.15, 0.2) is 12.4 Å². The summed E-state index contributed by atoms with van der Waals surface area (Å²) in [6.07, 6.45) is -43.8. The lowest BCUT2D eigenvalue weighted by atomic mass is 9.96. The van der Waals surface area contributed by atoms with E-state index in [1.165, 1.54) is 16.3 Å². The number of carbonyl (C=O) groups is 3. The van der Waals surface area contributed by atoms with Crippen molar-refractivity contribution >= 4 is 17.6 Å². The molecule has 104 heavy (non-hydrogen) atoms. The lowest BCUT2D eigenvalue weighted by Crippen LogP contribution is -2.65. The van der Waals surface area contributed by atoms with E-state index in [0.717, 1.165) is 12.8 Å². The molecule has 8 rings (SSSR count). The molecule has 598 valence electrons. The van der Waals surface area contributed by atoms with Gasteiger partial charge in [0, 0.05) is 44.6 Å². The molecule has 6 fully saturated rings. The SMILES string of the molecule is CC(=O)[C@H](CCCCN)NNC(=O)CCc1cn(CCO[C@H]2O[C@H](CO[C@H]3O[C@H](CO)[C@@H](O)[C@H](O)[C@@H]3O)[C@@H](O)[C@H](O[C@H]3O[C@H](CO)[C@@H](O)[C@H](O)[C@@H]3O)[C@@H]2O)nn1.CCNC(=O)CCc1cn(CCO[C@H]2O[C@H](CO[C@H]3O[C@H](CO)[C@@H](O)[C@H](O)[C@@H]3O)[C@@H](O)[C@H](O[C@H]3O[C@H](CO)[C@@H](O)[C@H](O)[C@@H]3O)[C@@H]2O)nn1. The van der Waals surface area contributed by atoms with Gasteiger partial charge >= 0.3 is 0 Å². The van der Waals surface area contributed by atoms with Crippen LogP contribution in [0.5, 0.6) is 0 Å². The molecule has 0 spiro atoms. The van der Waals surface area contributed by atoms with E-state index in [1.54, 1.807) is 19.3 Å². The molecule has 2 aromatic heterocycles. The van der Waals surface area contributed by atoms with Gasteiger partial charge in [-0.2, -0.15) is 0 Å². The van der Waals surface area contributed by atoms with Gasteiger partial charge in [-0.3, -0.25) is 19.8 Å². The molecule has 6 saturated heterocycles. The van der Waals surface area contributed by atoms with Gasteiger partial charge in [0.1, 0.15) is 152 Å². The molecule has 0 radical (unpaired) electrons. The van der Waals surface area contributed by atoms with Crippen molar-refractivity contribution in [3.05, 3.63) is 23.8 Å². The second-order valence-electron chi connectivity index (χ2n) is 25.5. The number of nitrogens with one attached hydrogen (secondary N) is 3. The topological polar surface area (TPSA) is 690 Å². The maximum atomic E-state index is 12.4. The number of hydrogen-bond acceptors (Lipinski definition) is 41. The highest BCUT2D eigenvalue weighted by molar-refractivity contribution is 5.82. The van der Waals surface area contributed by atoms with Crippen LogP contribution >= 0.6 is 0 Å². The van der Waals surface area contributed by atoms with E-state index in [4.69, 9.17) is 62.6 Å². The first-order chi connectivity index (χ1) is 49.6. The Labute approximate surface area is 593 Å². The molecule has 31 atom stereocenters. The molecule has 0 bridgehead atoms. The zero-order chi connectivity index (χ0) is 76.2. The summed E-state index contributed by atoms with van der Waals surface area (Å²) in [5.74, 6) is -0.626. The molecular weight excluding hydrogens is 1410 g/mol. The van der Waals surface area contributed by atoms with E-state index in [0.29, 0.717) is 37.3 Å². The number of nitrogens with two attached hydrogens (primary N) is 1. The van der Waals surface area contributed by atoms with Crippen molar-refractivity contribution in [2.75, 3.05) is 65.9 Å². The Morgan fingerprint density at radius 1 is 0.471 bits per heavy atom. The Bertz CT molecular complexity index is 2840. The quantitative estimate of drug-likeness (QED) is 0.0222. The van der Waals surface area contributed by atoms with Crippen molar-refractivity contribution in [1.82, 2.24) is 46.2 Å². The predicted octanol–water partition coefficient (Wildman–Crippen LogP) is -14.8. The monoisotopic (exact) mass is 1510 g/mol. The molecule has 2 amide bonds. The maximum Gasteiger partial charge on any atom is 0.234 e. The van der Waals surface area contributed by atoms with Crippen molar-refractivity contribution in [2.45, 2.75) is 262 Å². The van der Waals surface area contributed by atoms with Crippen LogP contribution in [-0.2, 0) is 97.2 Å². The van der Waals surface area contributed by atoms with Gasteiger partial charge < -0.3 is 170 Å². The highest BCUT2D eigenvalue weighted by atomic mass is 16.8. The number of aliphatic hydroxyl groups excluding tert-OH is 20. The number of hydrazine groups is 1. The number of hydrogen-bond donors (Lipinski definition) is 24. The third-order valence-corrected chi connectivity index (χ3v) is 17.9. The van der Waals surface area contributed by atoms with E-state index >= 15 is 0 Å². The first-order valence-electron chi connectivity index (χ1n) is 33.9. The summed E-state index contributed by atoms with van der Waals surface area (Å²) in [6, 6.07) is -0.541. The van der Waals surface area contributed by atoms with Crippen molar-refractivity contribution in [1.29, 1.82) is 0 Å². The van der Waals surface area contributed by atoms with Crippen LogP contribution in [0.4, 0.5) is 0 Å². The zero-order valence-electron chi connectivity index (χ0n) is 56.8. The fraction of sp³-hybridized carbons (Fsp3) is 0.881. The van der Waals surface area contributed by atoms with E-state index in [9.17, 15) is 117 Å². The highest BCUT2D eigenvalue weighted by Gasteiger charge is 2.55. The molecule has 45 nitrogen and oxygen atoms in total. The minimum absolute atomic E-state index is 0.0302. The third-order valence-electron chi connectivity index (χ3n) is 17.9. The standard InChI is InChI=1S/C32H56N6O18.C27H46N4O17/c1-14(41)16(4-2-3-7-33)35-36-20(42)6-5-15-10-38(37-34-15)8-9-51-31-28(50)29(56-32-27(49)25(47)22(44)18(12-40)54-32)23(45)19(55-31)13-52-30-26(48)24(46)21(43)17(11-39)53-30;1-2-28-15(34)4-3-11-7-31(30-29-11)5-6-43-26-23(42)24(48-27-22(41)20(39)17(36)13(9-33)46-27)18(37)14(47-26)10-44-25-21(40)19(38)16(35)12(8-32)45-25/h10,16-19,21-32,35,39-40,43-50H,2-9,11-13,33H2,1H3,(H,36,42);7,12-14,16-27,32-33,35-42H,2-6,8-10H2,1H3,(H,28,34)/t16-,17+,18+,19+,21+,22+,23+,24-,25-,26-,27-,28-,29-,30-,31-,32+;12-,13-,14-,16-,17-,18-,19+,20+,21+,22+,23+,24+,25+,26+,27-/m01/s1. The molecule has 2 aromatic rings. The van der Waals surface area contributed by atoms with Crippen molar-refractivity contribution < 1.29 is 173 Å². The van der Waals surface area contributed by atoms with Gasteiger partial charge in [-0.25, -0.2) is 14.8 Å². The molecule has 25 N–H and O–H groups in total. The number of unbranched alkanes of at least 4 members (excludes halogenated alkanes) is 1. The Balaban J connectivity index is 0.000000294. The molecular formula is C59H102N10O35. The summed E-state index contributed by atoms with van der Waals surface area (Å²) >= 11 is 0. The molecule has 8 heterocycles. The number of Topliss-reactive ketones (excluding diaryl/α,β-unsaturated/α-hetero) is 1. The average Bonchev–Trinajstić information content (AvgIpc) is 1.70. The number of carbonyl (C=O) groups excluding carboxylic acids is 3. The van der Waals surface area contributed by atoms with E-state index in [-0.39, 0.29) is 63.2 Å². The summed E-state index contributed by atoms with van der Waals surface area (Å²) < 4.78 is 69.7. The molecule has 0 aromatic carbocycles. The minimum atomic E-state index is -1.90. The summed E-state index contributed by atoms with van der Waals surface area (Å²) in [5.41, 5.74) is 11.8. The third kappa shape index (κ3) is 23.1. The molecule has 6 aliphatic rings. The van der Waals surface area contributed by atoms with Gasteiger partial charge in [-0.05, 0) is 33.2 Å². The number of aryl methyl sites for hydroxylation is 2. The molecule has 45 heteroatoms. The minimum Gasteiger partial charge on any atom is -0.394 e. The Kier molecular flexibility index (Phi) is 35.0. The number of nitrogens with zero attached hydrogens (tertiary/aromatic N) is 6. The Morgan fingerprint density at radius 3 is 1.19 bits per heavy atom. The van der Waals surface area contributed by atoms with Crippen LogP contribution in [0.1, 0.15) is 57.3 Å². The summed E-state index contributed by atoms with van der Waals surface area (Å²) in [6.45, 7) is -0.141. The van der Waals surface area contributed by atoms with Gasteiger partial charge in [0.15, 0.2) is 37.7 Å². The lowest BCUT2D eigenvalue weighted by Gasteiger charge is -2.46. The van der Waals surface area contributed by atoms with Crippen LogP contribution < -0.4 is 21.9 Å². The van der Waals surface area contributed by atoms with Crippen molar-refractivity contribution in [2.24, 2.45) is 5.73 Å². The fourth-order valence-electron chi connectivity index (χ4n) is 11.7. The predicted molar refractivity (Wildman–Crippen MR) is 334 cm³/mol. The number of aromatic nitrogens is 6. The Hall–Kier alpha value is -4.47. The number of ketones is 1. The van der Waals surface area contributed by atoms with Gasteiger partial charge in [0.05, 0.1) is 83.4 Å². The van der Waals surface area contributed by atoms with Gasteiger partial charge in [-0.1, -0.05) is 16.8 Å². The molecule has 6 aliphatic heterocycles. The number of rotatable bonds is 36. The second kappa shape index (κ2) is 41.9. The van der Waals surface area contributed by atoms with E-state index in [2.05, 4.69) is 36.8 Å². The van der Waals surface area contributed by atoms with E-state index < -0.39 is 230 Å². The summed E-state index contributed by atoms with van der Waals surface area (Å²) in [5, 5.41) is 224. The lowest BCUT2D eigenvalue weighted by molar-refractivity contribution is -0.366. The molecule has 0 saturated carbocycles. The maximum absolute atomic E-state index is 12.4. The van der Waals surface area contributed by atoms with Crippen molar-refractivity contribution in [3.63, 3.8) is 0 Å². The van der Waals surface area contributed by atoms with Gasteiger partial charge in [0.2, 0.25) is 11.8 Å². The van der Waals surface area contributed by atoms with Crippen LogP contribution in [0.2, 0.25) is 0 Å². The number of ether oxygens (including phenoxy) is 12. The summed E-state index contributed by atoms with van der Waals surface area (Å²) in [4.78, 5) is 36.0. The normalized spacial score (nSPS) is 38.6. The summed E-state index contributed by atoms with van der Waals surface area (Å²) in [7, 11) is 0. The fourth-order valence-corrected chi connectivity index (χ4v) is 11.7. The van der Waals surface area contributed by atoms with Crippen LogP contribution in [0.3, 0.4) is 0 Å². The second-order valence-corrected chi connectivity index (χ2v) is 25.5. The zero-order valence-corrected chi connectivity index (χ0v) is 56.8. The number of amides is 2. The van der Waals surface area contributed by atoms with Crippen molar-refractivity contribution in [3.8, 4) is 0 Å². The first-order valence-corrected chi connectivity index (χ1v) is 33.9. The molecule has 0 unspecified atom stereocenters. The number of aliphatic hydroxyl groups is 20. The van der Waals surface area contributed by atoms with Gasteiger partial charge in [-0.15, -0.1) is 10.2 Å². The Morgan fingerprint density at radius 2 is 0.827 bits per heavy atom. The smallest absolute Gasteiger partial charge is 0.234 e. The largest absolute Gasteiger partial charge is 0.394 e. The average molecular weight is 1510 g/mol. The van der Waals surface area contributed by atoms with E-state index in [1.807, 2.05) is 0 Å². The first kappa shape index (κ1) is 86.8. The van der Waals surface area contributed by atoms with Crippen LogP contribution in [0.25, 0.3) is 0 Å². The van der Waals surface area contributed by atoms with Crippen LogP contribution in [-0.4, -0.2) is 406 Å². The highest BCUT2D eigenvalue weighted by Crippen LogP contribution is 2.34.